The van der Waals surface area contributed by atoms with Crippen molar-refractivity contribution < 1.29 is 0 Å². The van der Waals surface area contributed by atoms with Crippen molar-refractivity contribution in [1.82, 2.24) is 15.3 Å². The fourth-order valence-electron chi connectivity index (χ4n) is 2.76. The Labute approximate surface area is 107 Å². The van der Waals surface area contributed by atoms with Gasteiger partial charge in [0.05, 0.1) is 11.0 Å². The lowest BCUT2D eigenvalue weighted by Gasteiger charge is -2.33. The summed E-state index contributed by atoms with van der Waals surface area (Å²) in [5.41, 5.74) is 2.17. The highest BCUT2D eigenvalue weighted by Crippen LogP contribution is 2.21. The predicted octanol–water partition coefficient (Wildman–Crippen LogP) is 2.14. The van der Waals surface area contributed by atoms with Gasteiger partial charge in [0.25, 0.3) is 0 Å². The van der Waals surface area contributed by atoms with Gasteiger partial charge in [-0.15, -0.1) is 0 Å². The van der Waals surface area contributed by atoms with Crippen LogP contribution in [0.2, 0.25) is 0 Å². The zero-order valence-electron chi connectivity index (χ0n) is 10.8. The molecule has 1 saturated heterocycles. The molecule has 1 fully saturated rings. The number of fused-ring (bicyclic) bond motifs is 1. The molecule has 1 unspecified atom stereocenters. The van der Waals surface area contributed by atoms with E-state index in [0.717, 1.165) is 36.6 Å². The zero-order chi connectivity index (χ0) is 12.4. The summed E-state index contributed by atoms with van der Waals surface area (Å²) in [5.74, 6) is 1.01. The number of nitrogens with zero attached hydrogens (tertiary/aromatic N) is 2. The van der Waals surface area contributed by atoms with Gasteiger partial charge in [-0.25, -0.2) is 4.98 Å². The van der Waals surface area contributed by atoms with Crippen molar-refractivity contribution in [2.75, 3.05) is 24.5 Å². The number of rotatable bonds is 3. The monoisotopic (exact) mass is 244 g/mol. The van der Waals surface area contributed by atoms with Gasteiger partial charge in [-0.3, -0.25) is 0 Å². The smallest absolute Gasteiger partial charge is 0.204 e. The first kappa shape index (κ1) is 11.5. The van der Waals surface area contributed by atoms with E-state index in [4.69, 9.17) is 4.98 Å². The molecule has 0 saturated carbocycles. The second-order valence-electron chi connectivity index (χ2n) is 4.86. The summed E-state index contributed by atoms with van der Waals surface area (Å²) in [4.78, 5) is 10.5. The normalized spacial score (nSPS) is 20.2. The van der Waals surface area contributed by atoms with E-state index in [1.807, 2.05) is 12.1 Å². The maximum Gasteiger partial charge on any atom is 0.204 e. The molecule has 1 aromatic heterocycles. The van der Waals surface area contributed by atoms with Crippen LogP contribution in [0.5, 0.6) is 0 Å². The van der Waals surface area contributed by atoms with Crippen molar-refractivity contribution in [1.29, 1.82) is 0 Å². The fraction of sp³-hybridized carbons (Fsp3) is 0.500. The topological polar surface area (TPSA) is 44.0 Å². The van der Waals surface area contributed by atoms with Gasteiger partial charge in [0.15, 0.2) is 0 Å². The van der Waals surface area contributed by atoms with Gasteiger partial charge in [0.1, 0.15) is 0 Å². The minimum Gasteiger partial charge on any atom is -0.338 e. The summed E-state index contributed by atoms with van der Waals surface area (Å²) in [6.07, 6.45) is 2.50. The molecule has 1 aliphatic heterocycles. The molecule has 0 radical (unpaired) electrons. The van der Waals surface area contributed by atoms with Crippen molar-refractivity contribution in [3.05, 3.63) is 24.3 Å². The number of hydrogen-bond donors (Lipinski definition) is 2. The second-order valence-corrected chi connectivity index (χ2v) is 4.86. The number of aromatic nitrogens is 2. The number of benzene rings is 1. The number of aromatic amines is 1. The Balaban J connectivity index is 1.90. The lowest BCUT2D eigenvalue weighted by Crippen LogP contribution is -2.46. The van der Waals surface area contributed by atoms with E-state index >= 15 is 0 Å². The number of nitrogens with one attached hydrogen (secondary N) is 2. The van der Waals surface area contributed by atoms with Crippen molar-refractivity contribution in [2.24, 2.45) is 0 Å². The van der Waals surface area contributed by atoms with Crippen LogP contribution < -0.4 is 10.2 Å². The summed E-state index contributed by atoms with van der Waals surface area (Å²) in [6.45, 7) is 5.40. The molecule has 18 heavy (non-hydrogen) atoms. The van der Waals surface area contributed by atoms with Crippen LogP contribution >= 0.6 is 0 Å². The van der Waals surface area contributed by atoms with Crippen LogP contribution in [0.4, 0.5) is 5.95 Å². The lowest BCUT2D eigenvalue weighted by atomic mass is 10.1. The minimum atomic E-state index is 0.560. The molecular formula is C14H20N4. The first-order chi connectivity index (χ1) is 8.88. The Hall–Kier alpha value is -1.55. The Kier molecular flexibility index (Phi) is 3.19. The average Bonchev–Trinajstić information content (AvgIpc) is 2.84. The molecular weight excluding hydrogens is 224 g/mol. The van der Waals surface area contributed by atoms with E-state index in [0.29, 0.717) is 6.04 Å². The number of H-pyrrole nitrogens is 1. The molecule has 96 valence electrons. The van der Waals surface area contributed by atoms with Crippen LogP contribution in [0.3, 0.4) is 0 Å². The number of hydrogen-bond acceptors (Lipinski definition) is 3. The quantitative estimate of drug-likeness (QED) is 0.869. The maximum absolute atomic E-state index is 4.70. The number of anilines is 1. The fourth-order valence-corrected chi connectivity index (χ4v) is 2.76. The molecule has 2 N–H and O–H groups in total. The molecule has 0 aliphatic carbocycles. The molecule has 2 aromatic rings. The second kappa shape index (κ2) is 4.98. The van der Waals surface area contributed by atoms with E-state index in [1.165, 1.54) is 12.8 Å². The molecule has 3 rings (SSSR count). The number of imidazole rings is 1. The molecule has 4 heteroatoms. The highest BCUT2D eigenvalue weighted by atomic mass is 15.3. The molecule has 0 bridgehead atoms. The van der Waals surface area contributed by atoms with Crippen LogP contribution in [0.25, 0.3) is 11.0 Å². The van der Waals surface area contributed by atoms with Crippen molar-refractivity contribution in [3.63, 3.8) is 0 Å². The summed E-state index contributed by atoms with van der Waals surface area (Å²) < 4.78 is 0. The lowest BCUT2D eigenvalue weighted by molar-refractivity contribution is 0.432. The third-order valence-electron chi connectivity index (χ3n) is 3.70. The van der Waals surface area contributed by atoms with Crippen molar-refractivity contribution >= 4 is 17.0 Å². The van der Waals surface area contributed by atoms with Crippen molar-refractivity contribution in [2.45, 2.75) is 25.8 Å². The third-order valence-corrected chi connectivity index (χ3v) is 3.70. The van der Waals surface area contributed by atoms with Gasteiger partial charge in [0, 0.05) is 19.1 Å². The summed E-state index contributed by atoms with van der Waals surface area (Å²) in [7, 11) is 0. The van der Waals surface area contributed by atoms with Gasteiger partial charge in [-0.05, 0) is 38.4 Å². The Bertz CT molecular complexity index is 480. The van der Waals surface area contributed by atoms with E-state index in [9.17, 15) is 0 Å². The molecule has 1 aliphatic rings. The van der Waals surface area contributed by atoms with Crippen LogP contribution in [0.1, 0.15) is 19.8 Å². The summed E-state index contributed by atoms with van der Waals surface area (Å²) >= 11 is 0. The molecule has 1 aromatic carbocycles. The minimum absolute atomic E-state index is 0.560. The van der Waals surface area contributed by atoms with Gasteiger partial charge in [0.2, 0.25) is 5.95 Å². The third kappa shape index (κ3) is 2.08. The van der Waals surface area contributed by atoms with Gasteiger partial charge in [-0.1, -0.05) is 12.1 Å². The first-order valence-electron chi connectivity index (χ1n) is 6.80. The van der Waals surface area contributed by atoms with Crippen LogP contribution in [0.15, 0.2) is 24.3 Å². The van der Waals surface area contributed by atoms with Crippen LogP contribution in [0, 0.1) is 0 Å². The number of likely N-dealkylation sites (N-methyl/N-ethyl adjacent to an activating group) is 1. The summed E-state index contributed by atoms with van der Waals surface area (Å²) in [5, 5.41) is 3.47. The molecule has 2 heterocycles. The Morgan fingerprint density at radius 2 is 2.28 bits per heavy atom. The van der Waals surface area contributed by atoms with Gasteiger partial charge in [-0.2, -0.15) is 0 Å². The van der Waals surface area contributed by atoms with Crippen LogP contribution in [-0.2, 0) is 0 Å². The summed E-state index contributed by atoms with van der Waals surface area (Å²) in [6, 6.07) is 8.78. The molecule has 1 atom stereocenters. The molecule has 0 amide bonds. The first-order valence-corrected chi connectivity index (χ1v) is 6.80. The largest absolute Gasteiger partial charge is 0.338 e. The van der Waals surface area contributed by atoms with E-state index < -0.39 is 0 Å². The van der Waals surface area contributed by atoms with E-state index in [1.54, 1.807) is 0 Å². The Morgan fingerprint density at radius 3 is 3.00 bits per heavy atom. The zero-order valence-corrected chi connectivity index (χ0v) is 10.8. The Morgan fingerprint density at radius 1 is 1.39 bits per heavy atom. The maximum atomic E-state index is 4.70. The molecule has 4 nitrogen and oxygen atoms in total. The number of para-hydroxylation sites is 2. The predicted molar refractivity (Wildman–Crippen MR) is 75.0 cm³/mol. The van der Waals surface area contributed by atoms with Gasteiger partial charge >= 0.3 is 0 Å². The highest BCUT2D eigenvalue weighted by Gasteiger charge is 2.22. The number of piperidine rings is 1. The van der Waals surface area contributed by atoms with Gasteiger partial charge < -0.3 is 15.2 Å². The highest BCUT2D eigenvalue weighted by molar-refractivity contribution is 5.77. The van der Waals surface area contributed by atoms with E-state index in [2.05, 4.69) is 34.3 Å². The standard InChI is InChI=1S/C14H20N4/c1-2-18(11-6-5-9-15-10-11)14-16-12-7-3-4-8-13(12)17-14/h3-4,7-8,11,15H,2,5-6,9-10H2,1H3,(H,16,17). The molecule has 0 spiro atoms. The SMILES string of the molecule is CCN(c1nc2ccccc2[nH]1)C1CCCNC1. The van der Waals surface area contributed by atoms with E-state index in [-0.39, 0.29) is 0 Å². The van der Waals surface area contributed by atoms with Crippen molar-refractivity contribution in [3.8, 4) is 0 Å². The van der Waals surface area contributed by atoms with Crippen LogP contribution in [-0.4, -0.2) is 35.6 Å². The average molecular weight is 244 g/mol.